The van der Waals surface area contributed by atoms with Crippen LogP contribution < -0.4 is 4.90 Å². The van der Waals surface area contributed by atoms with Gasteiger partial charge in [-0.1, -0.05) is 121 Å². The molecule has 11 rings (SSSR count). The fourth-order valence-corrected chi connectivity index (χ4v) is 9.36. The Hall–Kier alpha value is -6.42. The lowest BCUT2D eigenvalue weighted by Crippen LogP contribution is -2.11. The van der Waals surface area contributed by atoms with E-state index >= 15 is 0 Å². The van der Waals surface area contributed by atoms with Crippen molar-refractivity contribution in [1.82, 2.24) is 4.57 Å². The van der Waals surface area contributed by atoms with Crippen molar-refractivity contribution in [3.05, 3.63) is 182 Å². The number of benzene rings is 9. The smallest absolute Gasteiger partial charge is 0.0782 e. The molecule has 51 heavy (non-hydrogen) atoms. The fourth-order valence-electron chi connectivity index (χ4n) is 8.27. The van der Waals surface area contributed by atoms with Crippen LogP contribution in [0.25, 0.3) is 80.0 Å². The van der Waals surface area contributed by atoms with E-state index in [2.05, 4.69) is 191 Å². The summed E-state index contributed by atoms with van der Waals surface area (Å²) in [5, 5.41) is 12.7. The van der Waals surface area contributed by atoms with E-state index in [0.29, 0.717) is 0 Å². The standard InChI is InChI=1S/C48H30N2S/c1-2-12-34(13-3-1)50-43-18-8-6-15-39(43)41-17-10-19-44(48(41)50)49(36-26-28-46-42(30-36)40-16-7-9-20-45(40)51-46)35-25-27-38-33(29-35)24-23-32-22-21-31-11-4-5-14-37(31)47(32)38/h1-30H. The first kappa shape index (κ1) is 28.4. The third-order valence-corrected chi connectivity index (χ3v) is 11.7. The highest BCUT2D eigenvalue weighted by Gasteiger charge is 2.22. The van der Waals surface area contributed by atoms with E-state index in [4.69, 9.17) is 0 Å². The molecule has 0 saturated heterocycles. The van der Waals surface area contributed by atoms with Crippen LogP contribution in [-0.4, -0.2) is 4.57 Å². The monoisotopic (exact) mass is 666 g/mol. The Labute approximate surface area is 298 Å². The number of hydrogen-bond acceptors (Lipinski definition) is 2. The minimum Gasteiger partial charge on any atom is -0.308 e. The largest absolute Gasteiger partial charge is 0.308 e. The molecule has 3 heteroatoms. The number of nitrogens with zero attached hydrogens (tertiary/aromatic N) is 2. The summed E-state index contributed by atoms with van der Waals surface area (Å²) in [5.74, 6) is 0. The van der Waals surface area contributed by atoms with E-state index in [1.54, 1.807) is 0 Å². The van der Waals surface area contributed by atoms with E-state index < -0.39 is 0 Å². The van der Waals surface area contributed by atoms with E-state index in [1.807, 2.05) is 11.3 Å². The highest BCUT2D eigenvalue weighted by Crippen LogP contribution is 2.46. The van der Waals surface area contributed by atoms with Gasteiger partial charge in [-0.2, -0.15) is 0 Å². The Morgan fingerprint density at radius 1 is 0.392 bits per heavy atom. The first-order chi connectivity index (χ1) is 25.3. The van der Waals surface area contributed by atoms with Crippen molar-refractivity contribution in [2.24, 2.45) is 0 Å². The predicted molar refractivity (Wildman–Crippen MR) is 221 cm³/mol. The summed E-state index contributed by atoms with van der Waals surface area (Å²) in [6.45, 7) is 0. The highest BCUT2D eigenvalue weighted by molar-refractivity contribution is 7.25. The molecular weight excluding hydrogens is 637 g/mol. The van der Waals surface area contributed by atoms with Gasteiger partial charge in [-0.3, -0.25) is 0 Å². The first-order valence-corrected chi connectivity index (χ1v) is 18.3. The van der Waals surface area contributed by atoms with Gasteiger partial charge in [0.15, 0.2) is 0 Å². The topological polar surface area (TPSA) is 8.17 Å². The number of para-hydroxylation sites is 3. The average Bonchev–Trinajstić information content (AvgIpc) is 3.74. The summed E-state index contributed by atoms with van der Waals surface area (Å²) in [5.41, 5.74) is 6.92. The van der Waals surface area contributed by atoms with Gasteiger partial charge in [-0.15, -0.1) is 11.3 Å². The van der Waals surface area contributed by atoms with Crippen molar-refractivity contribution in [1.29, 1.82) is 0 Å². The summed E-state index contributed by atoms with van der Waals surface area (Å²) in [7, 11) is 0. The lowest BCUT2D eigenvalue weighted by atomic mass is 9.96. The molecule has 0 atom stereocenters. The molecule has 0 bridgehead atoms. The maximum atomic E-state index is 2.47. The van der Waals surface area contributed by atoms with Crippen molar-refractivity contribution < 1.29 is 0 Å². The molecule has 9 aromatic carbocycles. The third kappa shape index (κ3) is 4.29. The Balaban J connectivity index is 1.24. The van der Waals surface area contributed by atoms with Gasteiger partial charge < -0.3 is 9.47 Å². The van der Waals surface area contributed by atoms with Gasteiger partial charge in [0.25, 0.3) is 0 Å². The van der Waals surface area contributed by atoms with Gasteiger partial charge >= 0.3 is 0 Å². The molecule has 0 aliphatic heterocycles. The predicted octanol–water partition coefficient (Wildman–Crippen LogP) is 14.1. The summed E-state index contributed by atoms with van der Waals surface area (Å²) in [4.78, 5) is 2.47. The van der Waals surface area contributed by atoms with Gasteiger partial charge in [-0.05, 0) is 93.0 Å². The highest BCUT2D eigenvalue weighted by atomic mass is 32.1. The van der Waals surface area contributed by atoms with E-state index in [0.717, 1.165) is 22.7 Å². The average molecular weight is 667 g/mol. The molecule has 2 aromatic heterocycles. The second kappa shape index (κ2) is 11.0. The quantitative estimate of drug-likeness (QED) is 0.170. The second-order valence-electron chi connectivity index (χ2n) is 13.3. The van der Waals surface area contributed by atoms with Crippen LogP contribution >= 0.6 is 11.3 Å². The van der Waals surface area contributed by atoms with Crippen molar-refractivity contribution >= 4 is 103 Å². The summed E-state index contributed by atoms with van der Waals surface area (Å²) in [6.07, 6.45) is 0. The lowest BCUT2D eigenvalue weighted by Gasteiger charge is -2.27. The van der Waals surface area contributed by atoms with E-state index in [1.165, 1.54) is 74.3 Å². The van der Waals surface area contributed by atoms with E-state index in [9.17, 15) is 0 Å². The molecule has 238 valence electrons. The molecule has 0 amide bonds. The minimum absolute atomic E-state index is 1.12. The molecule has 11 aromatic rings. The number of thiophene rings is 1. The molecule has 0 N–H and O–H groups in total. The molecule has 0 fully saturated rings. The third-order valence-electron chi connectivity index (χ3n) is 10.5. The van der Waals surface area contributed by atoms with Crippen molar-refractivity contribution in [2.75, 3.05) is 4.90 Å². The lowest BCUT2D eigenvalue weighted by molar-refractivity contribution is 1.17. The van der Waals surface area contributed by atoms with Crippen molar-refractivity contribution in [2.45, 2.75) is 0 Å². The van der Waals surface area contributed by atoms with Gasteiger partial charge in [0, 0.05) is 48.0 Å². The molecule has 0 unspecified atom stereocenters. The van der Waals surface area contributed by atoms with Gasteiger partial charge in [0.2, 0.25) is 0 Å². The van der Waals surface area contributed by atoms with Crippen molar-refractivity contribution in [3.8, 4) is 5.69 Å². The van der Waals surface area contributed by atoms with Crippen molar-refractivity contribution in [3.63, 3.8) is 0 Å². The van der Waals surface area contributed by atoms with Crippen LogP contribution in [0.1, 0.15) is 0 Å². The Kier molecular flexibility index (Phi) is 6.16. The van der Waals surface area contributed by atoms with Crippen LogP contribution in [0.3, 0.4) is 0 Å². The van der Waals surface area contributed by atoms with Crippen LogP contribution in [0, 0.1) is 0 Å². The van der Waals surface area contributed by atoms with Gasteiger partial charge in [0.1, 0.15) is 0 Å². The second-order valence-corrected chi connectivity index (χ2v) is 14.4. The zero-order chi connectivity index (χ0) is 33.5. The first-order valence-electron chi connectivity index (χ1n) is 17.4. The number of hydrogen-bond donors (Lipinski definition) is 0. The zero-order valence-electron chi connectivity index (χ0n) is 27.6. The van der Waals surface area contributed by atoms with Crippen LogP contribution in [0.5, 0.6) is 0 Å². The Morgan fingerprint density at radius 3 is 1.94 bits per heavy atom. The Morgan fingerprint density at radius 2 is 1.04 bits per heavy atom. The molecule has 2 nitrogen and oxygen atoms in total. The molecular formula is C48H30N2S. The SMILES string of the molecule is c1ccc(-n2c3ccccc3c3cccc(N(c4ccc5c(ccc6ccc7ccccc7c65)c4)c4ccc5sc6ccccc6c5c4)c32)cc1. The number of aromatic nitrogens is 1. The normalized spacial score (nSPS) is 11.9. The number of fused-ring (bicyclic) bond motifs is 11. The number of anilines is 3. The van der Waals surface area contributed by atoms with Crippen LogP contribution in [0.4, 0.5) is 17.1 Å². The van der Waals surface area contributed by atoms with E-state index in [-0.39, 0.29) is 0 Å². The fraction of sp³-hybridized carbons (Fsp3) is 0. The summed E-state index contributed by atoms with van der Waals surface area (Å²) < 4.78 is 5.05. The molecule has 0 aliphatic rings. The molecule has 0 spiro atoms. The molecule has 0 saturated carbocycles. The number of rotatable bonds is 4. The minimum atomic E-state index is 1.12. The van der Waals surface area contributed by atoms with Gasteiger partial charge in [-0.25, -0.2) is 0 Å². The Bertz CT molecular complexity index is 3150. The summed E-state index contributed by atoms with van der Waals surface area (Å²) in [6, 6.07) is 66.9. The van der Waals surface area contributed by atoms with Crippen LogP contribution in [-0.2, 0) is 0 Å². The van der Waals surface area contributed by atoms with Crippen LogP contribution in [0.15, 0.2) is 182 Å². The molecule has 0 radical (unpaired) electrons. The van der Waals surface area contributed by atoms with Gasteiger partial charge in [0.05, 0.1) is 16.7 Å². The maximum absolute atomic E-state index is 2.47. The van der Waals surface area contributed by atoms with Crippen LogP contribution in [0.2, 0.25) is 0 Å². The summed E-state index contributed by atoms with van der Waals surface area (Å²) >= 11 is 1.86. The zero-order valence-corrected chi connectivity index (χ0v) is 28.4. The molecule has 2 heterocycles. The molecule has 0 aliphatic carbocycles. The maximum Gasteiger partial charge on any atom is 0.0782 e.